The van der Waals surface area contributed by atoms with Gasteiger partial charge in [-0.2, -0.15) is 0 Å². The first-order valence-electron chi connectivity index (χ1n) is 16.9. The van der Waals surface area contributed by atoms with Gasteiger partial charge in [0.2, 0.25) is 0 Å². The fraction of sp³-hybridized carbons (Fsp3) is 0.0652. The maximum atomic E-state index is 4.98. The Balaban J connectivity index is 1.11. The van der Waals surface area contributed by atoms with Gasteiger partial charge >= 0.3 is 0 Å². The van der Waals surface area contributed by atoms with Crippen LogP contribution in [0.3, 0.4) is 0 Å². The predicted octanol–water partition coefficient (Wildman–Crippen LogP) is 13.4. The number of thiol groups is 1. The highest BCUT2D eigenvalue weighted by Gasteiger charge is 2.35. The Kier molecular flexibility index (Phi) is 7.45. The summed E-state index contributed by atoms with van der Waals surface area (Å²) in [4.78, 5) is 8.22. The molecular formula is C46H34N2S2. The second-order valence-corrected chi connectivity index (χ2v) is 14.9. The first-order valence-corrected chi connectivity index (χ1v) is 18.2. The van der Waals surface area contributed by atoms with Crippen molar-refractivity contribution in [1.29, 1.82) is 0 Å². The molecule has 2 nitrogen and oxygen atoms in total. The summed E-state index contributed by atoms with van der Waals surface area (Å²) in [5, 5.41) is 1.02. The lowest BCUT2D eigenvalue weighted by molar-refractivity contribution is 0.660. The SMILES string of the molecule is CC1(C)c2ccccc2-c2cc(N(c3ccccc3)c3ccc(-c4ccccc4-c4cc5sc(-c6ccccc6)nc5cc4S)cc3)ccc21. The summed E-state index contributed by atoms with van der Waals surface area (Å²) < 4.78 is 1.15. The van der Waals surface area contributed by atoms with Crippen molar-refractivity contribution in [3.8, 4) is 44.0 Å². The molecule has 9 rings (SSSR count). The minimum absolute atomic E-state index is 0.0291. The summed E-state index contributed by atoms with van der Waals surface area (Å²) in [6, 6.07) is 58.8. The van der Waals surface area contributed by atoms with E-state index < -0.39 is 0 Å². The number of rotatable bonds is 6. The van der Waals surface area contributed by atoms with E-state index in [0.29, 0.717) is 0 Å². The maximum Gasteiger partial charge on any atom is 0.124 e. The number of benzene rings is 7. The molecular weight excluding hydrogens is 645 g/mol. The summed E-state index contributed by atoms with van der Waals surface area (Å²) in [5.74, 6) is 0. The molecule has 0 unspecified atom stereocenters. The molecule has 1 aromatic heterocycles. The quantitative estimate of drug-likeness (QED) is 0.176. The van der Waals surface area contributed by atoms with E-state index in [-0.39, 0.29) is 5.41 Å². The lowest BCUT2D eigenvalue weighted by Gasteiger charge is -2.27. The molecule has 1 aliphatic carbocycles. The van der Waals surface area contributed by atoms with Crippen LogP contribution in [0.5, 0.6) is 0 Å². The lowest BCUT2D eigenvalue weighted by Crippen LogP contribution is -2.15. The topological polar surface area (TPSA) is 16.1 Å². The summed E-state index contributed by atoms with van der Waals surface area (Å²) in [7, 11) is 0. The van der Waals surface area contributed by atoms with Crippen LogP contribution in [-0.2, 0) is 5.41 Å². The van der Waals surface area contributed by atoms with Crippen molar-refractivity contribution >= 4 is 51.2 Å². The van der Waals surface area contributed by atoms with E-state index in [9.17, 15) is 0 Å². The van der Waals surface area contributed by atoms with Gasteiger partial charge in [-0.05, 0) is 93.0 Å². The molecule has 240 valence electrons. The molecule has 0 aliphatic heterocycles. The Labute approximate surface area is 302 Å². The number of hydrogen-bond donors (Lipinski definition) is 1. The van der Waals surface area contributed by atoms with Crippen LogP contribution in [0.2, 0.25) is 0 Å². The van der Waals surface area contributed by atoms with Crippen LogP contribution in [-0.4, -0.2) is 4.98 Å². The average Bonchev–Trinajstić information content (AvgIpc) is 3.68. The highest BCUT2D eigenvalue weighted by atomic mass is 32.1. The molecule has 0 saturated heterocycles. The van der Waals surface area contributed by atoms with Crippen molar-refractivity contribution in [3.63, 3.8) is 0 Å². The van der Waals surface area contributed by atoms with Crippen LogP contribution >= 0.6 is 24.0 Å². The summed E-state index contributed by atoms with van der Waals surface area (Å²) in [6.07, 6.45) is 0. The minimum atomic E-state index is -0.0291. The van der Waals surface area contributed by atoms with Gasteiger partial charge in [0.05, 0.1) is 10.2 Å². The Morgan fingerprint density at radius 3 is 1.86 bits per heavy atom. The summed E-state index contributed by atoms with van der Waals surface area (Å²) >= 11 is 6.70. The van der Waals surface area contributed by atoms with Crippen LogP contribution in [0.1, 0.15) is 25.0 Å². The third-order valence-corrected chi connectivity index (χ3v) is 11.5. The van der Waals surface area contributed by atoms with Gasteiger partial charge < -0.3 is 4.90 Å². The van der Waals surface area contributed by atoms with Crippen LogP contribution < -0.4 is 4.90 Å². The van der Waals surface area contributed by atoms with Crippen LogP contribution in [0.25, 0.3) is 54.2 Å². The standard InChI is InChI=1S/C46H34N2S2/c1-46(2)40-20-12-11-19-37(40)38-27-34(25-26-41(38)46)48(32-15-7-4-8-16-32)33-23-21-30(22-24-33)35-17-9-10-18-36(35)39-28-44-42(29-43(39)49)47-45(50-44)31-13-5-3-6-14-31/h3-29,49H,1-2H3. The number of hydrogen-bond acceptors (Lipinski definition) is 4. The molecule has 50 heavy (non-hydrogen) atoms. The maximum absolute atomic E-state index is 4.98. The van der Waals surface area contributed by atoms with E-state index in [4.69, 9.17) is 17.6 Å². The minimum Gasteiger partial charge on any atom is -0.310 e. The van der Waals surface area contributed by atoms with Gasteiger partial charge in [0.1, 0.15) is 5.01 Å². The number of thiazole rings is 1. The van der Waals surface area contributed by atoms with E-state index in [1.807, 2.05) is 6.07 Å². The van der Waals surface area contributed by atoms with E-state index >= 15 is 0 Å². The van der Waals surface area contributed by atoms with Gasteiger partial charge in [0.15, 0.2) is 0 Å². The Bertz CT molecular complexity index is 2520. The van der Waals surface area contributed by atoms with E-state index in [2.05, 4.69) is 176 Å². The molecule has 4 heteroatoms. The number of aromatic nitrogens is 1. The fourth-order valence-corrected chi connectivity index (χ4v) is 8.81. The van der Waals surface area contributed by atoms with E-state index in [0.717, 1.165) is 59.4 Å². The summed E-state index contributed by atoms with van der Waals surface area (Å²) in [6.45, 7) is 4.66. The molecule has 8 aromatic rings. The van der Waals surface area contributed by atoms with Crippen LogP contribution in [0, 0.1) is 0 Å². The van der Waals surface area contributed by atoms with Crippen molar-refractivity contribution in [2.75, 3.05) is 4.90 Å². The zero-order valence-electron chi connectivity index (χ0n) is 27.8. The average molecular weight is 679 g/mol. The fourth-order valence-electron chi connectivity index (χ4n) is 7.51. The number of anilines is 3. The third-order valence-electron chi connectivity index (χ3n) is 10.0. The highest BCUT2D eigenvalue weighted by Crippen LogP contribution is 2.50. The largest absolute Gasteiger partial charge is 0.310 e. The smallest absolute Gasteiger partial charge is 0.124 e. The first kappa shape index (κ1) is 30.6. The molecule has 0 saturated carbocycles. The second-order valence-electron chi connectivity index (χ2n) is 13.4. The second kappa shape index (κ2) is 12.2. The molecule has 0 fully saturated rings. The number of nitrogens with zero attached hydrogens (tertiary/aromatic N) is 2. The van der Waals surface area contributed by atoms with Crippen molar-refractivity contribution < 1.29 is 0 Å². The molecule has 0 N–H and O–H groups in total. The molecule has 0 bridgehead atoms. The van der Waals surface area contributed by atoms with Gasteiger partial charge in [-0.25, -0.2) is 4.98 Å². The molecule has 0 atom stereocenters. The zero-order chi connectivity index (χ0) is 33.8. The van der Waals surface area contributed by atoms with Crippen molar-refractivity contribution in [2.24, 2.45) is 0 Å². The van der Waals surface area contributed by atoms with Gasteiger partial charge in [-0.1, -0.05) is 129 Å². The number of fused-ring (bicyclic) bond motifs is 4. The first-order chi connectivity index (χ1) is 24.5. The van der Waals surface area contributed by atoms with Crippen LogP contribution in [0.4, 0.5) is 17.1 Å². The van der Waals surface area contributed by atoms with Gasteiger partial charge in [0, 0.05) is 32.9 Å². The Morgan fingerprint density at radius 2 is 1.10 bits per heavy atom. The van der Waals surface area contributed by atoms with Crippen molar-refractivity contribution in [1.82, 2.24) is 4.98 Å². The van der Waals surface area contributed by atoms with Gasteiger partial charge in [-0.15, -0.1) is 24.0 Å². The van der Waals surface area contributed by atoms with Gasteiger partial charge in [0.25, 0.3) is 0 Å². The van der Waals surface area contributed by atoms with Crippen molar-refractivity contribution in [3.05, 3.63) is 175 Å². The Hall–Kier alpha value is -5.42. The molecule has 0 amide bonds. The van der Waals surface area contributed by atoms with Gasteiger partial charge in [-0.3, -0.25) is 0 Å². The third kappa shape index (κ3) is 5.15. The van der Waals surface area contributed by atoms with Crippen LogP contribution in [0.15, 0.2) is 169 Å². The molecule has 7 aromatic carbocycles. The Morgan fingerprint density at radius 1 is 0.500 bits per heavy atom. The monoisotopic (exact) mass is 678 g/mol. The lowest BCUT2D eigenvalue weighted by atomic mass is 9.82. The normalized spacial score (nSPS) is 12.9. The molecule has 0 radical (unpaired) electrons. The number of para-hydroxylation sites is 1. The predicted molar refractivity (Wildman–Crippen MR) is 215 cm³/mol. The van der Waals surface area contributed by atoms with E-state index in [1.165, 1.54) is 27.8 Å². The summed E-state index contributed by atoms with van der Waals surface area (Å²) in [5.41, 5.74) is 15.4. The highest BCUT2D eigenvalue weighted by molar-refractivity contribution is 7.80. The molecule has 1 heterocycles. The van der Waals surface area contributed by atoms with Crippen molar-refractivity contribution in [2.45, 2.75) is 24.2 Å². The van der Waals surface area contributed by atoms with E-state index in [1.54, 1.807) is 11.3 Å². The zero-order valence-corrected chi connectivity index (χ0v) is 29.5. The molecule has 0 spiro atoms. The molecule has 1 aliphatic rings.